The van der Waals surface area contributed by atoms with Gasteiger partial charge >= 0.3 is 0 Å². The highest BCUT2D eigenvalue weighted by molar-refractivity contribution is 7.86. The molecule has 2 saturated heterocycles. The van der Waals surface area contributed by atoms with Crippen molar-refractivity contribution in [3.05, 3.63) is 12.4 Å². The second kappa shape index (κ2) is 8.73. The van der Waals surface area contributed by atoms with Gasteiger partial charge in [-0.2, -0.15) is 17.0 Å². The van der Waals surface area contributed by atoms with Crippen LogP contribution in [0.2, 0.25) is 0 Å². The quantitative estimate of drug-likeness (QED) is 0.699. The van der Waals surface area contributed by atoms with Crippen molar-refractivity contribution in [2.45, 2.75) is 63.5 Å². The molecule has 0 spiro atoms. The van der Waals surface area contributed by atoms with Crippen molar-refractivity contribution in [3.8, 4) is 0 Å². The molecule has 0 N–H and O–H groups in total. The zero-order valence-electron chi connectivity index (χ0n) is 17.7. The van der Waals surface area contributed by atoms with E-state index >= 15 is 0 Å². The van der Waals surface area contributed by atoms with Crippen molar-refractivity contribution in [2.75, 3.05) is 50.1 Å². The number of anilines is 2. The number of piperidine rings is 1. The van der Waals surface area contributed by atoms with Crippen LogP contribution in [0.5, 0.6) is 0 Å². The summed E-state index contributed by atoms with van der Waals surface area (Å²) in [6.45, 7) is 2.53. The van der Waals surface area contributed by atoms with Crippen LogP contribution in [0.15, 0.2) is 12.4 Å². The highest BCUT2D eigenvalue weighted by Crippen LogP contribution is 2.36. The molecule has 162 valence electrons. The van der Waals surface area contributed by atoms with Gasteiger partial charge in [0.15, 0.2) is 0 Å². The zero-order chi connectivity index (χ0) is 20.4. The van der Waals surface area contributed by atoms with Gasteiger partial charge in [-0.15, -0.1) is 0 Å². The van der Waals surface area contributed by atoms with Gasteiger partial charge in [0.25, 0.3) is 10.2 Å². The lowest BCUT2D eigenvalue weighted by molar-refractivity contribution is 0.280. The molecule has 0 aromatic carbocycles. The van der Waals surface area contributed by atoms with Crippen LogP contribution < -0.4 is 9.80 Å². The molecule has 1 saturated carbocycles. The third kappa shape index (κ3) is 4.67. The van der Waals surface area contributed by atoms with Gasteiger partial charge in [-0.25, -0.2) is 9.97 Å². The smallest absolute Gasteiger partial charge is 0.281 e. The Bertz CT molecular complexity index is 782. The predicted molar refractivity (Wildman–Crippen MR) is 115 cm³/mol. The van der Waals surface area contributed by atoms with E-state index in [9.17, 15) is 8.42 Å². The average Bonchev–Trinajstić information content (AvgIpc) is 3.56. The van der Waals surface area contributed by atoms with Crippen molar-refractivity contribution in [1.82, 2.24) is 18.6 Å². The third-order valence-electron chi connectivity index (χ3n) is 6.34. The monoisotopic (exact) mass is 422 g/mol. The van der Waals surface area contributed by atoms with Crippen LogP contribution in [0.25, 0.3) is 0 Å². The second-order valence-corrected chi connectivity index (χ2v) is 10.6. The second-order valence-electron chi connectivity index (χ2n) is 8.72. The molecule has 8 nitrogen and oxygen atoms in total. The highest BCUT2D eigenvalue weighted by Gasteiger charge is 2.39. The predicted octanol–water partition coefficient (Wildman–Crippen LogP) is 2.10. The summed E-state index contributed by atoms with van der Waals surface area (Å²) in [5, 5.41) is 0. The third-order valence-corrected chi connectivity index (χ3v) is 8.37. The van der Waals surface area contributed by atoms with Gasteiger partial charge in [-0.1, -0.05) is 12.8 Å². The van der Waals surface area contributed by atoms with Gasteiger partial charge in [-0.05, 0) is 38.5 Å². The minimum Gasteiger partial charge on any atom is -0.363 e. The molecular formula is C20H34N6O2S. The lowest BCUT2D eigenvalue weighted by Gasteiger charge is -2.40. The van der Waals surface area contributed by atoms with E-state index in [4.69, 9.17) is 0 Å². The average molecular weight is 423 g/mol. The van der Waals surface area contributed by atoms with Crippen LogP contribution in [-0.2, 0) is 10.2 Å². The highest BCUT2D eigenvalue weighted by atomic mass is 32.2. The van der Waals surface area contributed by atoms with Crippen LogP contribution in [0.4, 0.5) is 11.6 Å². The van der Waals surface area contributed by atoms with E-state index in [0.29, 0.717) is 38.3 Å². The van der Waals surface area contributed by atoms with Crippen molar-refractivity contribution >= 4 is 21.8 Å². The zero-order valence-corrected chi connectivity index (χ0v) is 18.5. The van der Waals surface area contributed by atoms with Crippen LogP contribution >= 0.6 is 0 Å². The first kappa shape index (κ1) is 20.8. The van der Waals surface area contributed by atoms with E-state index in [1.165, 1.54) is 12.8 Å². The van der Waals surface area contributed by atoms with Gasteiger partial charge in [0.1, 0.15) is 18.0 Å². The Kier molecular flexibility index (Phi) is 6.27. The first-order chi connectivity index (χ1) is 14.0. The number of aromatic nitrogens is 2. The van der Waals surface area contributed by atoms with Crippen molar-refractivity contribution in [2.24, 2.45) is 0 Å². The Labute approximate surface area is 175 Å². The van der Waals surface area contributed by atoms with E-state index in [-0.39, 0.29) is 0 Å². The standard InChI is InChI=1S/C20H34N6O2S/c1-23(2)19-15-20(22-16-21-19)26(17-7-8-17)18-9-13-25(14-10-18)29(27,28)24-11-5-3-4-6-12-24/h15-18H,3-14H2,1-2H3. The molecule has 0 unspecified atom stereocenters. The minimum atomic E-state index is -3.33. The maximum absolute atomic E-state index is 13.1. The molecule has 3 fully saturated rings. The lowest BCUT2D eigenvalue weighted by atomic mass is 10.0. The molecule has 3 heterocycles. The summed E-state index contributed by atoms with van der Waals surface area (Å²) in [5.41, 5.74) is 0. The summed E-state index contributed by atoms with van der Waals surface area (Å²) in [6, 6.07) is 2.92. The SMILES string of the molecule is CN(C)c1cc(N(C2CC2)C2CCN(S(=O)(=O)N3CCCCCC3)CC2)ncn1. The normalized spacial score (nSPS) is 23.0. The molecule has 29 heavy (non-hydrogen) atoms. The molecule has 9 heteroatoms. The molecule has 3 aliphatic rings. The summed E-state index contributed by atoms with van der Waals surface area (Å²) >= 11 is 0. The summed E-state index contributed by atoms with van der Waals surface area (Å²) in [4.78, 5) is 13.3. The molecule has 0 bridgehead atoms. The maximum Gasteiger partial charge on any atom is 0.281 e. The van der Waals surface area contributed by atoms with E-state index in [0.717, 1.165) is 50.2 Å². The van der Waals surface area contributed by atoms with Gasteiger partial charge in [0.2, 0.25) is 0 Å². The van der Waals surface area contributed by atoms with Gasteiger partial charge < -0.3 is 9.80 Å². The molecule has 0 atom stereocenters. The lowest BCUT2D eigenvalue weighted by Crippen LogP contribution is -2.51. The number of hydrogen-bond donors (Lipinski definition) is 0. The van der Waals surface area contributed by atoms with E-state index in [2.05, 4.69) is 20.9 Å². The molecule has 1 aromatic rings. The first-order valence-corrected chi connectivity index (χ1v) is 12.4. The summed E-state index contributed by atoms with van der Waals surface area (Å²) in [5.74, 6) is 1.88. The Hall–Kier alpha value is -1.45. The number of nitrogens with zero attached hydrogens (tertiary/aromatic N) is 6. The Morgan fingerprint density at radius 1 is 0.828 bits per heavy atom. The molecule has 0 radical (unpaired) electrons. The summed E-state index contributed by atoms with van der Waals surface area (Å²) in [7, 11) is 0.643. The topological polar surface area (TPSA) is 72.9 Å². The molecule has 2 aliphatic heterocycles. The van der Waals surface area contributed by atoms with Crippen LogP contribution in [0, 0.1) is 0 Å². The Morgan fingerprint density at radius 2 is 1.38 bits per heavy atom. The summed E-state index contributed by atoms with van der Waals surface area (Å²) in [6.07, 6.45) is 9.95. The largest absolute Gasteiger partial charge is 0.363 e. The van der Waals surface area contributed by atoms with Crippen LogP contribution in [-0.4, -0.2) is 79.4 Å². The number of hydrogen-bond acceptors (Lipinski definition) is 6. The Balaban J connectivity index is 1.44. The van der Waals surface area contributed by atoms with Gasteiger partial charge in [0, 0.05) is 58.4 Å². The fraction of sp³-hybridized carbons (Fsp3) is 0.800. The first-order valence-electron chi connectivity index (χ1n) is 11.0. The fourth-order valence-electron chi connectivity index (χ4n) is 4.53. The van der Waals surface area contributed by atoms with Crippen LogP contribution in [0.3, 0.4) is 0 Å². The summed E-state index contributed by atoms with van der Waals surface area (Å²) < 4.78 is 29.7. The fourth-order valence-corrected chi connectivity index (χ4v) is 6.25. The van der Waals surface area contributed by atoms with Crippen molar-refractivity contribution in [3.63, 3.8) is 0 Å². The van der Waals surface area contributed by atoms with Gasteiger partial charge in [0.05, 0.1) is 0 Å². The van der Waals surface area contributed by atoms with E-state index < -0.39 is 10.2 Å². The van der Waals surface area contributed by atoms with E-state index in [1.54, 1.807) is 14.9 Å². The van der Waals surface area contributed by atoms with Crippen molar-refractivity contribution < 1.29 is 8.42 Å². The molecular weight excluding hydrogens is 388 g/mol. The molecule has 4 rings (SSSR count). The Morgan fingerprint density at radius 3 is 1.97 bits per heavy atom. The van der Waals surface area contributed by atoms with Crippen molar-refractivity contribution in [1.29, 1.82) is 0 Å². The van der Waals surface area contributed by atoms with Gasteiger partial charge in [-0.3, -0.25) is 0 Å². The van der Waals surface area contributed by atoms with E-state index in [1.807, 2.05) is 19.0 Å². The minimum absolute atomic E-state index is 0.336. The molecule has 1 aromatic heterocycles. The number of rotatable bonds is 6. The maximum atomic E-state index is 13.1. The molecule has 0 amide bonds. The van der Waals surface area contributed by atoms with Crippen LogP contribution in [0.1, 0.15) is 51.4 Å². The molecule has 1 aliphatic carbocycles.